The minimum Gasteiger partial charge on any atom is -0.481 e. The molecule has 0 unspecified atom stereocenters. The number of aliphatic carboxylic acids is 1. The number of aromatic nitrogens is 4. The van der Waals surface area contributed by atoms with Gasteiger partial charge in [0.15, 0.2) is 11.0 Å². The Balaban J connectivity index is 1.70. The van der Waals surface area contributed by atoms with Crippen LogP contribution < -0.4 is 5.48 Å². The quantitative estimate of drug-likeness (QED) is 0.258. The van der Waals surface area contributed by atoms with Crippen LogP contribution in [0.4, 0.5) is 5.69 Å². The number of nitrogens with zero attached hydrogens (tertiary/aromatic N) is 3. The largest absolute Gasteiger partial charge is 0.481 e. The topological polar surface area (TPSA) is 105 Å². The van der Waals surface area contributed by atoms with E-state index in [0.717, 1.165) is 47.1 Å². The number of hydrogen-bond donors (Lipinski definition) is 3. The first-order valence-electron chi connectivity index (χ1n) is 9.88. The number of carboxylic acid groups (broad SMARTS) is 1. The number of hydrogen-bond acceptors (Lipinski definition) is 6. The van der Waals surface area contributed by atoms with Crippen LogP contribution in [0.15, 0.2) is 53.8 Å². The molecule has 0 bridgehead atoms. The number of thioether (sulfide) groups is 1. The average molecular weight is 438 g/mol. The monoisotopic (exact) mass is 437 g/mol. The molecule has 2 heterocycles. The summed E-state index contributed by atoms with van der Waals surface area (Å²) in [6, 6.07) is 14.5. The maximum Gasteiger partial charge on any atom is 0.313 e. The molecule has 0 saturated heterocycles. The molecule has 0 aliphatic heterocycles. The zero-order valence-corrected chi connectivity index (χ0v) is 18.1. The summed E-state index contributed by atoms with van der Waals surface area (Å²) in [6.07, 6.45) is 3.21. The van der Waals surface area contributed by atoms with Crippen molar-refractivity contribution in [1.82, 2.24) is 19.7 Å². The number of carboxylic acids is 1. The van der Waals surface area contributed by atoms with Gasteiger partial charge >= 0.3 is 5.97 Å². The van der Waals surface area contributed by atoms with E-state index in [1.807, 2.05) is 18.2 Å². The molecule has 4 rings (SSSR count). The Morgan fingerprint density at radius 1 is 1.16 bits per heavy atom. The van der Waals surface area contributed by atoms with Crippen LogP contribution in [0.5, 0.6) is 0 Å². The molecule has 0 aliphatic carbocycles. The van der Waals surface area contributed by atoms with Crippen LogP contribution in [0.3, 0.4) is 0 Å². The zero-order valence-electron chi connectivity index (χ0n) is 17.3. The van der Waals surface area contributed by atoms with Crippen LogP contribution in [0, 0.1) is 0 Å². The van der Waals surface area contributed by atoms with Gasteiger partial charge < -0.3 is 14.7 Å². The average Bonchev–Trinajstić information content (AvgIpc) is 3.40. The Kier molecular flexibility index (Phi) is 6.24. The highest BCUT2D eigenvalue weighted by Crippen LogP contribution is 2.32. The molecule has 0 amide bonds. The van der Waals surface area contributed by atoms with E-state index in [9.17, 15) is 4.79 Å². The van der Waals surface area contributed by atoms with Crippen molar-refractivity contribution in [2.45, 2.75) is 25.0 Å². The fraction of sp³-hybridized carbons (Fsp3) is 0.227. The van der Waals surface area contributed by atoms with E-state index in [-0.39, 0.29) is 5.75 Å². The van der Waals surface area contributed by atoms with Gasteiger partial charge in [0.1, 0.15) is 0 Å². The molecule has 0 atom stereocenters. The molecule has 0 spiro atoms. The van der Waals surface area contributed by atoms with Gasteiger partial charge in [-0.15, -0.1) is 10.2 Å². The maximum atomic E-state index is 10.8. The van der Waals surface area contributed by atoms with E-state index in [1.165, 1.54) is 10.9 Å². The van der Waals surface area contributed by atoms with Crippen molar-refractivity contribution in [3.05, 3.63) is 48.7 Å². The van der Waals surface area contributed by atoms with Crippen LogP contribution in [-0.2, 0) is 16.2 Å². The van der Waals surface area contributed by atoms with Gasteiger partial charge in [0.25, 0.3) is 0 Å². The number of nitrogens with one attached hydrogen (secondary N) is 2. The molecular weight excluding hydrogens is 414 g/mol. The maximum absolute atomic E-state index is 10.8. The second kappa shape index (κ2) is 9.23. The number of aromatic amines is 1. The lowest BCUT2D eigenvalue weighted by Crippen LogP contribution is -1.98. The fourth-order valence-electron chi connectivity index (χ4n) is 3.50. The van der Waals surface area contributed by atoms with E-state index in [4.69, 9.17) is 9.94 Å². The van der Waals surface area contributed by atoms with Crippen molar-refractivity contribution in [1.29, 1.82) is 0 Å². The van der Waals surface area contributed by atoms with Crippen LogP contribution in [-0.4, -0.2) is 43.7 Å². The minimum absolute atomic E-state index is 0.0805. The van der Waals surface area contributed by atoms with Crippen molar-refractivity contribution >= 4 is 34.3 Å². The third-order valence-corrected chi connectivity index (χ3v) is 5.64. The van der Waals surface area contributed by atoms with E-state index < -0.39 is 5.97 Å². The summed E-state index contributed by atoms with van der Waals surface area (Å²) in [5.74, 6) is -0.424. The summed E-state index contributed by atoms with van der Waals surface area (Å²) in [5.41, 5.74) is 7.76. The molecule has 2 aromatic heterocycles. The summed E-state index contributed by atoms with van der Waals surface area (Å²) in [7, 11) is 1.56. The van der Waals surface area contributed by atoms with Gasteiger partial charge in [-0.1, -0.05) is 24.8 Å². The first-order chi connectivity index (χ1) is 15.1. The lowest BCUT2D eigenvalue weighted by atomic mass is 10.0. The number of carbonyl (C=O) groups is 1. The molecule has 31 heavy (non-hydrogen) atoms. The van der Waals surface area contributed by atoms with E-state index >= 15 is 0 Å². The number of benzene rings is 2. The van der Waals surface area contributed by atoms with Gasteiger partial charge in [-0.3, -0.25) is 15.1 Å². The van der Waals surface area contributed by atoms with Crippen molar-refractivity contribution < 1.29 is 14.7 Å². The number of anilines is 1. The number of fused-ring (bicyclic) bond motifs is 1. The fourth-order valence-corrected chi connectivity index (χ4v) is 4.02. The van der Waals surface area contributed by atoms with Crippen molar-refractivity contribution in [3.8, 4) is 22.5 Å². The van der Waals surface area contributed by atoms with Gasteiger partial charge in [-0.2, -0.15) is 0 Å². The highest BCUT2D eigenvalue weighted by atomic mass is 32.2. The Hall–Kier alpha value is -3.30. The molecule has 0 radical (unpaired) electrons. The third kappa shape index (κ3) is 4.73. The second-order valence-corrected chi connectivity index (χ2v) is 8.01. The van der Waals surface area contributed by atoms with Crippen molar-refractivity contribution in [3.63, 3.8) is 0 Å². The molecule has 8 nitrogen and oxygen atoms in total. The van der Waals surface area contributed by atoms with E-state index in [0.29, 0.717) is 11.0 Å². The van der Waals surface area contributed by atoms with Crippen LogP contribution in [0.1, 0.15) is 13.3 Å². The predicted molar refractivity (Wildman–Crippen MR) is 122 cm³/mol. The second-order valence-electron chi connectivity index (χ2n) is 7.05. The Labute approximate surface area is 183 Å². The lowest BCUT2D eigenvalue weighted by molar-refractivity contribution is -0.133. The SMILES string of the molecule is CCCn1ccc2cc(-c3cc(NOC)cc(-c4nnc(SCC(=O)O)[nH]4)c3)ccc21. The zero-order chi connectivity index (χ0) is 21.8. The summed E-state index contributed by atoms with van der Waals surface area (Å²) < 4.78 is 2.26. The van der Waals surface area contributed by atoms with Crippen LogP contribution >= 0.6 is 11.8 Å². The summed E-state index contributed by atoms with van der Waals surface area (Å²) >= 11 is 1.10. The highest BCUT2D eigenvalue weighted by Gasteiger charge is 2.12. The molecule has 160 valence electrons. The highest BCUT2D eigenvalue weighted by molar-refractivity contribution is 7.99. The number of aryl methyl sites for hydroxylation is 1. The standard InChI is InChI=1S/C22H23N5O3S/c1-3-7-27-8-6-15-9-14(4-5-19(15)27)16-10-17(12-18(11-16)26-30-2)21-23-22(25-24-21)31-13-20(28)29/h4-6,8-12,26H,3,7,13H2,1-2H3,(H,28,29)(H,23,24,25). The molecule has 2 aromatic carbocycles. The Bertz CT molecular complexity index is 1220. The predicted octanol–water partition coefficient (Wildman–Crippen LogP) is 4.65. The normalized spacial score (nSPS) is 11.2. The van der Waals surface area contributed by atoms with Gasteiger partial charge in [-0.05, 0) is 53.9 Å². The van der Waals surface area contributed by atoms with Gasteiger partial charge in [0.2, 0.25) is 0 Å². The third-order valence-electron chi connectivity index (χ3n) is 4.79. The van der Waals surface area contributed by atoms with Gasteiger partial charge in [0.05, 0.1) is 18.6 Å². The molecule has 4 aromatic rings. The Morgan fingerprint density at radius 2 is 2.00 bits per heavy atom. The van der Waals surface area contributed by atoms with Crippen molar-refractivity contribution in [2.24, 2.45) is 0 Å². The van der Waals surface area contributed by atoms with E-state index in [1.54, 1.807) is 7.11 Å². The van der Waals surface area contributed by atoms with E-state index in [2.05, 4.69) is 62.6 Å². The molecule has 0 saturated carbocycles. The lowest BCUT2D eigenvalue weighted by Gasteiger charge is -2.10. The molecule has 0 aliphatic rings. The summed E-state index contributed by atoms with van der Waals surface area (Å²) in [5, 5.41) is 18.7. The molecule has 3 N–H and O–H groups in total. The number of H-pyrrole nitrogens is 1. The molecule has 0 fully saturated rings. The first-order valence-corrected chi connectivity index (χ1v) is 10.9. The smallest absolute Gasteiger partial charge is 0.313 e. The van der Waals surface area contributed by atoms with Crippen LogP contribution in [0.25, 0.3) is 33.4 Å². The summed E-state index contributed by atoms with van der Waals surface area (Å²) in [6.45, 7) is 3.17. The first kappa shape index (κ1) is 21.0. The van der Waals surface area contributed by atoms with Crippen molar-refractivity contribution in [2.75, 3.05) is 18.3 Å². The minimum atomic E-state index is -0.903. The van der Waals surface area contributed by atoms with Gasteiger partial charge in [0, 0.05) is 29.2 Å². The van der Waals surface area contributed by atoms with Gasteiger partial charge in [-0.25, -0.2) is 0 Å². The molecule has 9 heteroatoms. The Morgan fingerprint density at radius 3 is 2.77 bits per heavy atom. The number of rotatable bonds is 9. The molecular formula is C22H23N5O3S. The summed E-state index contributed by atoms with van der Waals surface area (Å²) in [4.78, 5) is 19.0. The van der Waals surface area contributed by atoms with Crippen LogP contribution in [0.2, 0.25) is 0 Å².